The summed E-state index contributed by atoms with van der Waals surface area (Å²) in [5.41, 5.74) is 4.83. The standard InChI is InChI=1S/C7H5F3N2O/c8-7(9,10)6(12)5-1-4(2-11)3-13-5/h1,3,6H,12H2/t6-/m1/s1. The van der Waals surface area contributed by atoms with Crippen molar-refractivity contribution in [2.75, 3.05) is 0 Å². The first-order valence-electron chi connectivity index (χ1n) is 3.26. The molecule has 0 spiro atoms. The van der Waals surface area contributed by atoms with Crippen LogP contribution in [-0.2, 0) is 0 Å². The van der Waals surface area contributed by atoms with Gasteiger partial charge in [-0.1, -0.05) is 0 Å². The van der Waals surface area contributed by atoms with E-state index >= 15 is 0 Å². The van der Waals surface area contributed by atoms with Crippen LogP contribution in [0.2, 0.25) is 0 Å². The highest BCUT2D eigenvalue weighted by Gasteiger charge is 2.39. The first-order valence-corrected chi connectivity index (χ1v) is 3.26. The van der Waals surface area contributed by atoms with E-state index < -0.39 is 18.0 Å². The summed E-state index contributed by atoms with van der Waals surface area (Å²) in [6.45, 7) is 0. The minimum Gasteiger partial charge on any atom is -0.466 e. The molecule has 2 N–H and O–H groups in total. The lowest BCUT2D eigenvalue weighted by molar-refractivity contribution is -0.152. The fourth-order valence-electron chi connectivity index (χ4n) is 0.736. The third kappa shape index (κ3) is 2.00. The van der Waals surface area contributed by atoms with Gasteiger partial charge in [0.15, 0.2) is 6.04 Å². The number of alkyl halides is 3. The molecule has 0 aliphatic carbocycles. The molecule has 70 valence electrons. The van der Waals surface area contributed by atoms with E-state index in [1.165, 1.54) is 0 Å². The molecular formula is C7H5F3N2O. The smallest absolute Gasteiger partial charge is 0.410 e. The summed E-state index contributed by atoms with van der Waals surface area (Å²) in [4.78, 5) is 0. The van der Waals surface area contributed by atoms with Gasteiger partial charge in [0.2, 0.25) is 0 Å². The van der Waals surface area contributed by atoms with Gasteiger partial charge in [0.25, 0.3) is 0 Å². The van der Waals surface area contributed by atoms with Crippen molar-refractivity contribution in [2.24, 2.45) is 5.73 Å². The Morgan fingerprint density at radius 3 is 2.54 bits per heavy atom. The number of nitriles is 1. The summed E-state index contributed by atoms with van der Waals surface area (Å²) >= 11 is 0. The lowest BCUT2D eigenvalue weighted by Gasteiger charge is -2.11. The zero-order valence-corrected chi connectivity index (χ0v) is 6.30. The van der Waals surface area contributed by atoms with Crippen LogP contribution >= 0.6 is 0 Å². The van der Waals surface area contributed by atoms with Crippen molar-refractivity contribution in [3.05, 3.63) is 23.7 Å². The molecule has 0 fully saturated rings. The maximum atomic E-state index is 12.0. The van der Waals surface area contributed by atoms with Gasteiger partial charge < -0.3 is 10.2 Å². The molecule has 0 unspecified atom stereocenters. The van der Waals surface area contributed by atoms with Gasteiger partial charge in [0.05, 0.1) is 5.56 Å². The average Bonchev–Trinajstić information content (AvgIpc) is 2.48. The summed E-state index contributed by atoms with van der Waals surface area (Å²) in [5.74, 6) is -0.455. The summed E-state index contributed by atoms with van der Waals surface area (Å²) in [7, 11) is 0. The number of rotatable bonds is 1. The molecule has 3 nitrogen and oxygen atoms in total. The van der Waals surface area contributed by atoms with E-state index in [0.717, 1.165) is 12.3 Å². The quantitative estimate of drug-likeness (QED) is 0.733. The second kappa shape index (κ2) is 3.11. The van der Waals surface area contributed by atoms with E-state index in [2.05, 4.69) is 4.42 Å². The average molecular weight is 190 g/mol. The third-order valence-electron chi connectivity index (χ3n) is 1.41. The highest BCUT2D eigenvalue weighted by atomic mass is 19.4. The van der Waals surface area contributed by atoms with Crippen molar-refractivity contribution in [1.29, 1.82) is 5.26 Å². The number of nitrogens with zero attached hydrogens (tertiary/aromatic N) is 1. The van der Waals surface area contributed by atoms with Crippen LogP contribution < -0.4 is 5.73 Å². The van der Waals surface area contributed by atoms with Gasteiger partial charge in [0.1, 0.15) is 18.1 Å². The number of furan rings is 1. The number of halogens is 3. The molecule has 0 aliphatic heterocycles. The topological polar surface area (TPSA) is 63.0 Å². The van der Waals surface area contributed by atoms with Gasteiger partial charge in [-0.25, -0.2) is 0 Å². The summed E-state index contributed by atoms with van der Waals surface area (Å²) in [6, 6.07) is 0.436. The minimum absolute atomic E-state index is 0.0229. The van der Waals surface area contributed by atoms with Gasteiger partial charge in [-0.15, -0.1) is 0 Å². The molecule has 0 saturated carbocycles. The molecule has 0 saturated heterocycles. The van der Waals surface area contributed by atoms with Crippen molar-refractivity contribution < 1.29 is 17.6 Å². The third-order valence-corrected chi connectivity index (χ3v) is 1.41. The first kappa shape index (κ1) is 9.61. The van der Waals surface area contributed by atoms with Crippen LogP contribution in [0.5, 0.6) is 0 Å². The van der Waals surface area contributed by atoms with Crippen LogP contribution in [0.25, 0.3) is 0 Å². The van der Waals surface area contributed by atoms with Gasteiger partial charge in [0, 0.05) is 0 Å². The molecule has 6 heteroatoms. The minimum atomic E-state index is -4.55. The maximum absolute atomic E-state index is 12.0. The first-order chi connectivity index (χ1) is 5.95. The fourth-order valence-corrected chi connectivity index (χ4v) is 0.736. The van der Waals surface area contributed by atoms with Gasteiger partial charge in [-0.05, 0) is 6.07 Å². The molecule has 0 aromatic carbocycles. The van der Waals surface area contributed by atoms with E-state index in [-0.39, 0.29) is 5.56 Å². The zero-order chi connectivity index (χ0) is 10.1. The predicted octanol–water partition coefficient (Wildman–Crippen LogP) is 1.71. The summed E-state index contributed by atoms with van der Waals surface area (Å²) in [6.07, 6.45) is -3.62. The number of hydrogen-bond acceptors (Lipinski definition) is 3. The Balaban J connectivity index is 2.91. The highest BCUT2D eigenvalue weighted by molar-refractivity contribution is 5.27. The Kier molecular flexibility index (Phi) is 2.30. The summed E-state index contributed by atoms with van der Waals surface area (Å²) in [5, 5.41) is 8.30. The predicted molar refractivity (Wildman–Crippen MR) is 36.4 cm³/mol. The van der Waals surface area contributed by atoms with Crippen LogP contribution in [0.4, 0.5) is 13.2 Å². The van der Waals surface area contributed by atoms with Gasteiger partial charge in [-0.2, -0.15) is 18.4 Å². The Bertz CT molecular complexity index is 336. The molecule has 0 bridgehead atoms. The van der Waals surface area contributed by atoms with Gasteiger partial charge >= 0.3 is 6.18 Å². The van der Waals surface area contributed by atoms with E-state index in [9.17, 15) is 13.2 Å². The van der Waals surface area contributed by atoms with Crippen molar-refractivity contribution in [2.45, 2.75) is 12.2 Å². The van der Waals surface area contributed by atoms with Crippen LogP contribution in [0.1, 0.15) is 17.4 Å². The van der Waals surface area contributed by atoms with Crippen LogP contribution in [-0.4, -0.2) is 6.18 Å². The molecule has 0 amide bonds. The zero-order valence-electron chi connectivity index (χ0n) is 6.30. The van der Waals surface area contributed by atoms with E-state index in [1.54, 1.807) is 6.07 Å². The van der Waals surface area contributed by atoms with E-state index in [0.29, 0.717) is 0 Å². The molecular weight excluding hydrogens is 185 g/mol. The van der Waals surface area contributed by atoms with Gasteiger partial charge in [-0.3, -0.25) is 0 Å². The lowest BCUT2D eigenvalue weighted by atomic mass is 10.2. The Labute approximate surface area is 71.5 Å². The monoisotopic (exact) mass is 190 g/mol. The molecule has 1 rings (SSSR count). The SMILES string of the molecule is N#Cc1coc([C@@H](N)C(F)(F)F)c1. The highest BCUT2D eigenvalue weighted by Crippen LogP contribution is 2.31. The summed E-state index contributed by atoms with van der Waals surface area (Å²) < 4.78 is 40.4. The van der Waals surface area contributed by atoms with Crippen molar-refractivity contribution >= 4 is 0 Å². The molecule has 1 aromatic heterocycles. The van der Waals surface area contributed by atoms with E-state index in [1.807, 2.05) is 0 Å². The Morgan fingerprint density at radius 2 is 2.15 bits per heavy atom. The van der Waals surface area contributed by atoms with Crippen molar-refractivity contribution in [3.8, 4) is 6.07 Å². The Hall–Kier alpha value is -1.48. The second-order valence-corrected chi connectivity index (χ2v) is 2.37. The van der Waals surface area contributed by atoms with Crippen LogP contribution in [0.15, 0.2) is 16.7 Å². The maximum Gasteiger partial charge on any atom is 0.410 e. The number of hydrogen-bond donors (Lipinski definition) is 1. The molecule has 1 aromatic rings. The normalized spacial score (nSPS) is 13.8. The Morgan fingerprint density at radius 1 is 1.54 bits per heavy atom. The lowest BCUT2D eigenvalue weighted by Crippen LogP contribution is -2.27. The van der Waals surface area contributed by atoms with Crippen molar-refractivity contribution in [1.82, 2.24) is 0 Å². The number of nitrogens with two attached hydrogens (primary N) is 1. The van der Waals surface area contributed by atoms with Crippen LogP contribution in [0, 0.1) is 11.3 Å². The molecule has 1 heterocycles. The molecule has 13 heavy (non-hydrogen) atoms. The van der Waals surface area contributed by atoms with Crippen LogP contribution in [0.3, 0.4) is 0 Å². The molecule has 0 aliphatic rings. The molecule has 1 atom stereocenters. The van der Waals surface area contributed by atoms with E-state index in [4.69, 9.17) is 11.0 Å². The largest absolute Gasteiger partial charge is 0.466 e. The fraction of sp³-hybridized carbons (Fsp3) is 0.286. The molecule has 0 radical (unpaired) electrons. The van der Waals surface area contributed by atoms with Crippen molar-refractivity contribution in [3.63, 3.8) is 0 Å². The second-order valence-electron chi connectivity index (χ2n) is 2.37.